The first-order chi connectivity index (χ1) is 14.7. The van der Waals surface area contributed by atoms with E-state index in [9.17, 15) is 13.2 Å². The van der Waals surface area contributed by atoms with Crippen molar-refractivity contribution in [2.24, 2.45) is 0 Å². The van der Waals surface area contributed by atoms with Crippen LogP contribution in [0.5, 0.6) is 0 Å². The smallest absolute Gasteiger partial charge is 0.259 e. The van der Waals surface area contributed by atoms with Crippen LogP contribution in [0.2, 0.25) is 0 Å². The maximum Gasteiger partial charge on any atom is 0.416 e. The van der Waals surface area contributed by atoms with E-state index >= 15 is 0 Å². The van der Waals surface area contributed by atoms with E-state index in [0.717, 1.165) is 44.2 Å². The molecule has 4 rings (SSSR count). The second kappa shape index (κ2) is 8.35. The summed E-state index contributed by atoms with van der Waals surface area (Å²) in [5, 5.41) is 4.78. The van der Waals surface area contributed by atoms with Crippen molar-refractivity contribution in [1.82, 2.24) is 9.78 Å². The van der Waals surface area contributed by atoms with Crippen molar-refractivity contribution in [3.63, 3.8) is 0 Å². The third-order valence-electron chi connectivity index (χ3n) is 5.13. The van der Waals surface area contributed by atoms with Crippen molar-refractivity contribution in [3.05, 3.63) is 99.5 Å². The summed E-state index contributed by atoms with van der Waals surface area (Å²) in [4.78, 5) is 0. The molecule has 0 saturated carbocycles. The molecule has 3 aromatic carbocycles. The van der Waals surface area contributed by atoms with Gasteiger partial charge in [0.25, 0.3) is 0 Å². The second-order valence-electron chi connectivity index (χ2n) is 7.60. The Labute approximate surface area is 187 Å². The lowest BCUT2D eigenvalue weighted by atomic mass is 10.1. The molecule has 0 amide bonds. The number of hydrogen-bond acceptors (Lipinski definition) is 1. The maximum atomic E-state index is 13.2. The molecule has 0 aliphatic heterocycles. The van der Waals surface area contributed by atoms with Crippen LogP contribution >= 0.6 is 15.9 Å². The summed E-state index contributed by atoms with van der Waals surface area (Å²) in [6, 6.07) is 21.4. The van der Waals surface area contributed by atoms with Gasteiger partial charge < -0.3 is 0 Å². The van der Waals surface area contributed by atoms with Crippen LogP contribution < -0.4 is 0 Å². The van der Waals surface area contributed by atoms with Gasteiger partial charge in [-0.1, -0.05) is 71.8 Å². The van der Waals surface area contributed by atoms with E-state index in [2.05, 4.69) is 15.9 Å². The highest BCUT2D eigenvalue weighted by molar-refractivity contribution is 9.10. The lowest BCUT2D eigenvalue weighted by Gasteiger charge is -2.11. The normalized spacial score (nSPS) is 11.7. The van der Waals surface area contributed by atoms with Crippen LogP contribution in [0.1, 0.15) is 22.3 Å². The van der Waals surface area contributed by atoms with Crippen molar-refractivity contribution >= 4 is 15.9 Å². The van der Waals surface area contributed by atoms with Gasteiger partial charge in [0.2, 0.25) is 0 Å². The van der Waals surface area contributed by atoms with Crippen LogP contribution in [0.3, 0.4) is 0 Å². The van der Waals surface area contributed by atoms with Gasteiger partial charge in [0, 0.05) is 11.1 Å². The molecule has 158 valence electrons. The highest BCUT2D eigenvalue weighted by Gasteiger charge is 2.30. The van der Waals surface area contributed by atoms with Gasteiger partial charge in [-0.3, -0.25) is 4.68 Å². The van der Waals surface area contributed by atoms with E-state index in [0.29, 0.717) is 5.56 Å². The van der Waals surface area contributed by atoms with Crippen molar-refractivity contribution < 1.29 is 13.2 Å². The number of hydrogen-bond donors (Lipinski definition) is 0. The summed E-state index contributed by atoms with van der Waals surface area (Å²) in [5.74, 6) is 0. The minimum absolute atomic E-state index is 0.220. The molecule has 0 aliphatic carbocycles. The molecule has 0 N–H and O–H groups in total. The molecule has 0 saturated heterocycles. The average molecular weight is 485 g/mol. The van der Waals surface area contributed by atoms with Crippen molar-refractivity contribution in [2.75, 3.05) is 0 Å². The number of aryl methyl sites for hydroxylation is 2. The monoisotopic (exact) mass is 484 g/mol. The minimum Gasteiger partial charge on any atom is -0.259 e. The number of rotatable bonds is 4. The topological polar surface area (TPSA) is 17.8 Å². The first-order valence-corrected chi connectivity index (χ1v) is 10.6. The lowest BCUT2D eigenvalue weighted by Crippen LogP contribution is -2.08. The molecule has 1 heterocycles. The third-order valence-corrected chi connectivity index (χ3v) is 5.88. The fourth-order valence-corrected chi connectivity index (χ4v) is 4.20. The lowest BCUT2D eigenvalue weighted by molar-refractivity contribution is -0.137. The molecule has 2 nitrogen and oxygen atoms in total. The molecule has 0 atom stereocenters. The molecule has 0 bridgehead atoms. The van der Waals surface area contributed by atoms with E-state index in [-0.39, 0.29) is 6.54 Å². The van der Waals surface area contributed by atoms with Crippen molar-refractivity contribution in [3.8, 4) is 22.5 Å². The number of halogens is 4. The molecule has 0 aliphatic rings. The Morgan fingerprint density at radius 2 is 1.42 bits per heavy atom. The first kappa shape index (κ1) is 21.4. The molecule has 6 heteroatoms. The summed E-state index contributed by atoms with van der Waals surface area (Å²) in [7, 11) is 0. The van der Waals surface area contributed by atoms with Crippen molar-refractivity contribution in [1.29, 1.82) is 0 Å². The van der Waals surface area contributed by atoms with E-state index in [1.807, 2.05) is 62.4 Å². The Morgan fingerprint density at radius 3 is 2.00 bits per heavy atom. The quantitative estimate of drug-likeness (QED) is 0.290. The highest BCUT2D eigenvalue weighted by Crippen LogP contribution is 2.37. The number of alkyl halides is 3. The molecular weight excluding hydrogens is 465 g/mol. The number of benzene rings is 3. The minimum atomic E-state index is -4.38. The standard InChI is InChI=1S/C25H20BrF3N2/c1-16-6-10-19(11-7-16)23-22(26)24(20-12-8-17(2)9-13-20)31(30-23)15-18-4-3-5-21(14-18)25(27,28)29/h3-14H,15H2,1-2H3. The predicted octanol–water partition coefficient (Wildman–Crippen LogP) is 7.66. The molecule has 0 spiro atoms. The van der Waals surface area contributed by atoms with Crippen LogP contribution in [0.15, 0.2) is 77.3 Å². The second-order valence-corrected chi connectivity index (χ2v) is 8.39. The fourth-order valence-electron chi connectivity index (χ4n) is 3.46. The van der Waals surface area contributed by atoms with Gasteiger partial charge in [0.15, 0.2) is 0 Å². The summed E-state index contributed by atoms with van der Waals surface area (Å²) in [5.41, 5.74) is 5.60. The molecule has 1 aromatic heterocycles. The van der Waals surface area contributed by atoms with Gasteiger partial charge in [-0.2, -0.15) is 18.3 Å². The number of nitrogens with zero attached hydrogens (tertiary/aromatic N) is 2. The molecular formula is C25H20BrF3N2. The Morgan fingerprint density at radius 1 is 0.839 bits per heavy atom. The summed E-state index contributed by atoms with van der Waals surface area (Å²) in [6.45, 7) is 4.25. The molecule has 0 unspecified atom stereocenters. The van der Waals surface area contributed by atoms with Gasteiger partial charge in [-0.05, 0) is 47.5 Å². The van der Waals surface area contributed by atoms with Crippen molar-refractivity contribution in [2.45, 2.75) is 26.6 Å². The zero-order valence-electron chi connectivity index (χ0n) is 17.0. The van der Waals surface area contributed by atoms with Crippen LogP contribution in [-0.2, 0) is 12.7 Å². The average Bonchev–Trinajstić information content (AvgIpc) is 3.05. The van der Waals surface area contributed by atoms with Crippen LogP contribution in [-0.4, -0.2) is 9.78 Å². The summed E-state index contributed by atoms with van der Waals surface area (Å²) >= 11 is 3.71. The number of aromatic nitrogens is 2. The first-order valence-electron chi connectivity index (χ1n) is 9.79. The summed E-state index contributed by atoms with van der Waals surface area (Å²) < 4.78 is 42.1. The van der Waals surface area contributed by atoms with Gasteiger partial charge in [-0.25, -0.2) is 0 Å². The Bertz CT molecular complexity index is 1210. The van der Waals surface area contributed by atoms with E-state index in [1.165, 1.54) is 12.1 Å². The van der Waals surface area contributed by atoms with Gasteiger partial charge >= 0.3 is 6.18 Å². The molecule has 0 fully saturated rings. The van der Waals surface area contributed by atoms with Crippen LogP contribution in [0.4, 0.5) is 13.2 Å². The zero-order valence-corrected chi connectivity index (χ0v) is 18.6. The van der Waals surface area contributed by atoms with Crippen LogP contribution in [0, 0.1) is 13.8 Å². The maximum absolute atomic E-state index is 13.2. The molecule has 0 radical (unpaired) electrons. The van der Waals surface area contributed by atoms with Gasteiger partial charge in [-0.15, -0.1) is 0 Å². The Hall–Kier alpha value is -2.86. The third kappa shape index (κ3) is 4.59. The van der Waals surface area contributed by atoms with E-state index in [4.69, 9.17) is 5.10 Å². The van der Waals surface area contributed by atoms with Crippen LogP contribution in [0.25, 0.3) is 22.5 Å². The molecule has 4 aromatic rings. The summed E-state index contributed by atoms with van der Waals surface area (Å²) in [6.07, 6.45) is -4.38. The zero-order chi connectivity index (χ0) is 22.2. The fraction of sp³-hybridized carbons (Fsp3) is 0.160. The highest BCUT2D eigenvalue weighted by atomic mass is 79.9. The predicted molar refractivity (Wildman–Crippen MR) is 121 cm³/mol. The molecule has 31 heavy (non-hydrogen) atoms. The largest absolute Gasteiger partial charge is 0.416 e. The van der Waals surface area contributed by atoms with E-state index < -0.39 is 11.7 Å². The van der Waals surface area contributed by atoms with Gasteiger partial charge in [0.05, 0.1) is 22.3 Å². The Balaban J connectivity index is 1.83. The SMILES string of the molecule is Cc1ccc(-c2nn(Cc3cccc(C(F)(F)F)c3)c(-c3ccc(C)cc3)c2Br)cc1. The Kier molecular flexibility index (Phi) is 5.75. The van der Waals surface area contributed by atoms with Gasteiger partial charge in [0.1, 0.15) is 5.69 Å². The van der Waals surface area contributed by atoms with E-state index in [1.54, 1.807) is 10.7 Å².